The molecule has 0 aromatic carbocycles. The van der Waals surface area contributed by atoms with Crippen LogP contribution in [0.1, 0.15) is 13.8 Å². The summed E-state index contributed by atoms with van der Waals surface area (Å²) in [7, 11) is 0. The van der Waals surface area contributed by atoms with Crippen molar-refractivity contribution >= 4 is 17.6 Å². The lowest BCUT2D eigenvalue weighted by Crippen LogP contribution is -2.34. The molecule has 0 saturated carbocycles. The van der Waals surface area contributed by atoms with Crippen LogP contribution in [0.2, 0.25) is 0 Å². The summed E-state index contributed by atoms with van der Waals surface area (Å²) < 4.78 is 21.7. The van der Waals surface area contributed by atoms with Gasteiger partial charge in [-0.05, 0) is 13.8 Å². The van der Waals surface area contributed by atoms with Crippen LogP contribution < -0.4 is 0 Å². The summed E-state index contributed by atoms with van der Waals surface area (Å²) in [6.07, 6.45) is -1.74. The largest absolute Gasteiger partial charge is 0.455 e. The summed E-state index contributed by atoms with van der Waals surface area (Å²) in [4.78, 5) is 11.2. The van der Waals surface area contributed by atoms with Gasteiger partial charge in [0.15, 0.2) is 29.7 Å². The van der Waals surface area contributed by atoms with Crippen LogP contribution in [0.3, 0.4) is 0 Å². The molecule has 3 rings (SSSR count). The van der Waals surface area contributed by atoms with E-state index in [4.69, 9.17) is 30.5 Å². The summed E-state index contributed by atoms with van der Waals surface area (Å²) >= 11 is 5.84. The third-order valence-electron chi connectivity index (χ3n) is 2.79. The topological polar surface area (TPSA) is 54.0 Å². The average Bonchev–Trinajstić information content (AvgIpc) is 2.66. The highest BCUT2D eigenvalue weighted by Gasteiger charge is 2.62. The van der Waals surface area contributed by atoms with Crippen LogP contribution in [-0.2, 0) is 23.7 Å². The number of rotatable bonds is 0. The van der Waals surface area contributed by atoms with Gasteiger partial charge in [-0.3, -0.25) is 4.79 Å². The van der Waals surface area contributed by atoms with Gasteiger partial charge in [-0.25, -0.2) is 0 Å². The van der Waals surface area contributed by atoms with Gasteiger partial charge in [-0.15, -0.1) is 11.6 Å². The van der Waals surface area contributed by atoms with Gasteiger partial charge in [0.2, 0.25) is 0 Å². The lowest BCUT2D eigenvalue weighted by Gasteiger charge is -2.20. The smallest absolute Gasteiger partial charge is 0.327 e. The second-order valence-electron chi connectivity index (χ2n) is 4.37. The molecule has 0 aromatic heterocycles. The van der Waals surface area contributed by atoms with Gasteiger partial charge in [0.25, 0.3) is 0 Å². The quantitative estimate of drug-likeness (QED) is 0.449. The molecule has 0 radical (unpaired) electrons. The van der Waals surface area contributed by atoms with Gasteiger partial charge in [-0.1, -0.05) is 0 Å². The van der Waals surface area contributed by atoms with E-state index in [9.17, 15) is 4.79 Å². The highest BCUT2D eigenvalue weighted by Crippen LogP contribution is 2.43. The second kappa shape index (κ2) is 2.85. The Kier molecular flexibility index (Phi) is 1.87. The first-order valence-corrected chi connectivity index (χ1v) is 5.27. The van der Waals surface area contributed by atoms with E-state index in [1.807, 2.05) is 0 Å². The lowest BCUT2D eigenvalue weighted by atomic mass is 10.1. The highest BCUT2D eigenvalue weighted by molar-refractivity contribution is 6.31. The molecule has 0 bridgehead atoms. The van der Waals surface area contributed by atoms with Gasteiger partial charge in [0.1, 0.15) is 6.10 Å². The monoisotopic (exact) mass is 234 g/mol. The number of alkyl halides is 1. The van der Waals surface area contributed by atoms with E-state index in [0.717, 1.165) is 0 Å². The first-order valence-electron chi connectivity index (χ1n) is 4.84. The van der Waals surface area contributed by atoms with Crippen LogP contribution in [0.4, 0.5) is 0 Å². The van der Waals surface area contributed by atoms with Gasteiger partial charge in [0, 0.05) is 0 Å². The summed E-state index contributed by atoms with van der Waals surface area (Å²) in [6, 6.07) is 0. The van der Waals surface area contributed by atoms with Gasteiger partial charge in [-0.2, -0.15) is 0 Å². The molecule has 3 fully saturated rings. The predicted octanol–water partition coefficient (Wildman–Crippen LogP) is 0.396. The van der Waals surface area contributed by atoms with Crippen molar-refractivity contribution in [3.63, 3.8) is 0 Å². The van der Waals surface area contributed by atoms with Crippen LogP contribution in [0.15, 0.2) is 0 Å². The Morgan fingerprint density at radius 2 is 1.93 bits per heavy atom. The Bertz CT molecular complexity index is 318. The van der Waals surface area contributed by atoms with Crippen molar-refractivity contribution in [1.29, 1.82) is 0 Å². The Hall–Kier alpha value is -0.360. The fraction of sp³-hybridized carbons (Fsp3) is 0.889. The zero-order valence-corrected chi connectivity index (χ0v) is 9.06. The van der Waals surface area contributed by atoms with Crippen molar-refractivity contribution in [3.8, 4) is 0 Å². The van der Waals surface area contributed by atoms with Crippen molar-refractivity contribution in [1.82, 2.24) is 0 Å². The third-order valence-corrected chi connectivity index (χ3v) is 3.22. The second-order valence-corrected chi connectivity index (χ2v) is 4.84. The maximum absolute atomic E-state index is 11.2. The van der Waals surface area contributed by atoms with Crippen LogP contribution >= 0.6 is 11.6 Å². The molecule has 5 atom stereocenters. The van der Waals surface area contributed by atoms with Gasteiger partial charge >= 0.3 is 5.97 Å². The molecule has 0 spiro atoms. The fourth-order valence-corrected chi connectivity index (χ4v) is 2.46. The van der Waals surface area contributed by atoms with Crippen molar-refractivity contribution in [2.75, 3.05) is 0 Å². The van der Waals surface area contributed by atoms with Crippen molar-refractivity contribution in [2.24, 2.45) is 0 Å². The van der Waals surface area contributed by atoms with E-state index in [1.165, 1.54) is 0 Å². The molecule has 15 heavy (non-hydrogen) atoms. The number of carbonyl (C=O) groups excluding carboxylic acids is 1. The minimum atomic E-state index is -0.754. The minimum absolute atomic E-state index is 0.363. The number of fused-ring (bicyclic) bond motifs is 3. The maximum Gasteiger partial charge on any atom is 0.327 e. The molecular weight excluding hydrogens is 224 g/mol. The Morgan fingerprint density at radius 3 is 2.67 bits per heavy atom. The third kappa shape index (κ3) is 1.30. The first-order chi connectivity index (χ1) is 6.98. The number of hydrogen-bond donors (Lipinski definition) is 0. The molecule has 0 aliphatic carbocycles. The van der Waals surface area contributed by atoms with E-state index in [1.54, 1.807) is 13.8 Å². The predicted molar refractivity (Wildman–Crippen MR) is 48.2 cm³/mol. The first kappa shape index (κ1) is 9.84. The molecule has 3 unspecified atom stereocenters. The standard InChI is InChI=1S/C9H11ClO5/c1-9(2)14-6-5-4(13-8(6)15-9)3(10)7(11)12-5/h3-6,8H,1-2H3/t3-,4?,5+,6?,8?/m1/s1. The van der Waals surface area contributed by atoms with E-state index in [-0.39, 0.29) is 6.10 Å². The van der Waals surface area contributed by atoms with Crippen LogP contribution in [-0.4, -0.2) is 41.7 Å². The van der Waals surface area contributed by atoms with Crippen LogP contribution in [0.5, 0.6) is 0 Å². The molecule has 0 amide bonds. The molecule has 0 N–H and O–H groups in total. The van der Waals surface area contributed by atoms with E-state index in [2.05, 4.69) is 0 Å². The minimum Gasteiger partial charge on any atom is -0.455 e. The molecule has 3 aliphatic heterocycles. The van der Waals surface area contributed by atoms with Gasteiger partial charge < -0.3 is 18.9 Å². The molecule has 5 nitrogen and oxygen atoms in total. The Labute approximate surface area is 91.6 Å². The number of hydrogen-bond acceptors (Lipinski definition) is 5. The number of carbonyl (C=O) groups is 1. The molecule has 3 aliphatic rings. The zero-order chi connectivity index (χ0) is 10.8. The van der Waals surface area contributed by atoms with Crippen LogP contribution in [0, 0.1) is 0 Å². The van der Waals surface area contributed by atoms with Crippen molar-refractivity contribution in [3.05, 3.63) is 0 Å². The average molecular weight is 235 g/mol. The molecule has 84 valence electrons. The SMILES string of the molecule is CC1(C)OC2OC3[C@H](OC(=O)[C@@H]3Cl)C2O1. The zero-order valence-electron chi connectivity index (χ0n) is 8.31. The van der Waals surface area contributed by atoms with Gasteiger partial charge in [0.05, 0.1) is 0 Å². The molecular formula is C9H11ClO5. The Morgan fingerprint density at radius 1 is 1.20 bits per heavy atom. The number of ether oxygens (including phenoxy) is 4. The van der Waals surface area contributed by atoms with Crippen LogP contribution in [0.25, 0.3) is 0 Å². The molecule has 3 heterocycles. The van der Waals surface area contributed by atoms with Crippen molar-refractivity contribution < 1.29 is 23.7 Å². The van der Waals surface area contributed by atoms with E-state index < -0.39 is 35.6 Å². The summed E-state index contributed by atoms with van der Waals surface area (Å²) in [5, 5.41) is -0.754. The molecule has 0 aromatic rings. The summed E-state index contributed by atoms with van der Waals surface area (Å²) in [5.74, 6) is -1.14. The highest BCUT2D eigenvalue weighted by atomic mass is 35.5. The lowest BCUT2D eigenvalue weighted by molar-refractivity contribution is -0.209. The molecule has 3 saturated heterocycles. The number of esters is 1. The Balaban J connectivity index is 1.83. The molecule has 6 heteroatoms. The van der Waals surface area contributed by atoms with E-state index >= 15 is 0 Å². The fourth-order valence-electron chi connectivity index (χ4n) is 2.21. The van der Waals surface area contributed by atoms with E-state index in [0.29, 0.717) is 0 Å². The normalized spacial score (nSPS) is 51.4. The summed E-state index contributed by atoms with van der Waals surface area (Å²) in [6.45, 7) is 3.58. The summed E-state index contributed by atoms with van der Waals surface area (Å²) in [5.41, 5.74) is 0. The maximum atomic E-state index is 11.2. The number of halogens is 1. The van der Waals surface area contributed by atoms with Crippen molar-refractivity contribution in [2.45, 2.75) is 49.6 Å².